The van der Waals surface area contributed by atoms with E-state index in [1.165, 1.54) is 30.7 Å². The number of hydrogen-bond acceptors (Lipinski definition) is 2. The summed E-state index contributed by atoms with van der Waals surface area (Å²) in [6, 6.07) is 0. The molecule has 1 aliphatic rings. The van der Waals surface area contributed by atoms with Crippen molar-refractivity contribution in [3.63, 3.8) is 0 Å². The first kappa shape index (κ1) is 13.6. The van der Waals surface area contributed by atoms with Crippen LogP contribution in [-0.4, -0.2) is 16.5 Å². The monoisotopic (exact) mass is 249 g/mol. The van der Waals surface area contributed by atoms with Crippen LogP contribution in [0.3, 0.4) is 0 Å². The normalized spacial score (nSPS) is 19.9. The SMILES string of the molecule is CCNCc1nc2c([nH]1)CC(C(C)(C)CC)CC2. The fraction of sp³-hybridized carbons (Fsp3) is 0.800. The van der Waals surface area contributed by atoms with Gasteiger partial charge in [0.2, 0.25) is 0 Å². The van der Waals surface area contributed by atoms with Gasteiger partial charge in [-0.3, -0.25) is 0 Å². The number of fused-ring (bicyclic) bond motifs is 1. The lowest BCUT2D eigenvalue weighted by atomic mass is 9.70. The van der Waals surface area contributed by atoms with Gasteiger partial charge in [0.15, 0.2) is 0 Å². The number of imidazole rings is 1. The van der Waals surface area contributed by atoms with Gasteiger partial charge >= 0.3 is 0 Å². The molecule has 1 atom stereocenters. The van der Waals surface area contributed by atoms with Crippen molar-refractivity contribution in [1.82, 2.24) is 15.3 Å². The lowest BCUT2D eigenvalue weighted by Gasteiger charge is -2.35. The van der Waals surface area contributed by atoms with Gasteiger partial charge in [-0.25, -0.2) is 4.98 Å². The van der Waals surface area contributed by atoms with E-state index in [9.17, 15) is 0 Å². The first-order chi connectivity index (χ1) is 8.56. The number of rotatable bonds is 5. The molecule has 18 heavy (non-hydrogen) atoms. The Labute approximate surface area is 111 Å². The van der Waals surface area contributed by atoms with Gasteiger partial charge in [0.05, 0.1) is 12.2 Å². The number of nitrogens with one attached hydrogen (secondary N) is 2. The van der Waals surface area contributed by atoms with Crippen molar-refractivity contribution < 1.29 is 0 Å². The number of hydrogen-bond donors (Lipinski definition) is 2. The zero-order valence-electron chi connectivity index (χ0n) is 12.3. The van der Waals surface area contributed by atoms with Crippen LogP contribution in [0.25, 0.3) is 0 Å². The first-order valence-corrected chi connectivity index (χ1v) is 7.34. The molecule has 102 valence electrons. The van der Waals surface area contributed by atoms with Crippen LogP contribution in [0, 0.1) is 11.3 Å². The molecule has 0 aliphatic heterocycles. The maximum absolute atomic E-state index is 4.71. The van der Waals surface area contributed by atoms with Gasteiger partial charge in [0.1, 0.15) is 5.82 Å². The second kappa shape index (κ2) is 5.43. The Hall–Kier alpha value is -0.830. The third-order valence-corrected chi connectivity index (χ3v) is 4.65. The largest absolute Gasteiger partial charge is 0.345 e. The third kappa shape index (κ3) is 2.77. The topological polar surface area (TPSA) is 40.7 Å². The predicted octanol–water partition coefficient (Wildman–Crippen LogP) is 3.06. The van der Waals surface area contributed by atoms with Crippen molar-refractivity contribution >= 4 is 0 Å². The van der Waals surface area contributed by atoms with Crippen molar-refractivity contribution in [3.8, 4) is 0 Å². The van der Waals surface area contributed by atoms with Crippen LogP contribution in [0.4, 0.5) is 0 Å². The van der Waals surface area contributed by atoms with Crippen molar-refractivity contribution in [2.45, 2.75) is 59.9 Å². The van der Waals surface area contributed by atoms with Crippen LogP contribution < -0.4 is 5.32 Å². The van der Waals surface area contributed by atoms with Crippen LogP contribution in [0.1, 0.15) is 57.7 Å². The second-order valence-corrected chi connectivity index (χ2v) is 6.17. The van der Waals surface area contributed by atoms with Gasteiger partial charge in [-0.05, 0) is 37.1 Å². The van der Waals surface area contributed by atoms with E-state index in [-0.39, 0.29) is 0 Å². The van der Waals surface area contributed by atoms with Crippen molar-refractivity contribution in [3.05, 3.63) is 17.2 Å². The Morgan fingerprint density at radius 1 is 1.39 bits per heavy atom. The molecule has 3 heteroatoms. The van der Waals surface area contributed by atoms with Crippen molar-refractivity contribution in [2.24, 2.45) is 11.3 Å². The molecule has 2 N–H and O–H groups in total. The van der Waals surface area contributed by atoms with Gasteiger partial charge in [-0.1, -0.05) is 34.1 Å². The smallest absolute Gasteiger partial charge is 0.120 e. The highest BCUT2D eigenvalue weighted by atomic mass is 15.0. The van der Waals surface area contributed by atoms with Gasteiger partial charge in [-0.15, -0.1) is 0 Å². The van der Waals surface area contributed by atoms with Crippen LogP contribution in [0.2, 0.25) is 0 Å². The zero-order valence-corrected chi connectivity index (χ0v) is 12.3. The predicted molar refractivity (Wildman–Crippen MR) is 75.6 cm³/mol. The highest BCUT2D eigenvalue weighted by molar-refractivity contribution is 5.19. The van der Waals surface area contributed by atoms with Crippen LogP contribution in [-0.2, 0) is 19.4 Å². The standard InChI is InChI=1S/C15H27N3/c1-5-15(3,4)11-7-8-12-13(9-11)18-14(17-12)10-16-6-2/h11,16H,5-10H2,1-4H3,(H,17,18). The molecular weight excluding hydrogens is 222 g/mol. The fourth-order valence-electron chi connectivity index (χ4n) is 2.82. The summed E-state index contributed by atoms with van der Waals surface area (Å²) >= 11 is 0. The van der Waals surface area contributed by atoms with Gasteiger partial charge in [0.25, 0.3) is 0 Å². The summed E-state index contributed by atoms with van der Waals surface area (Å²) in [6.45, 7) is 11.1. The Morgan fingerprint density at radius 3 is 2.83 bits per heavy atom. The molecule has 0 saturated heterocycles. The number of aromatic nitrogens is 2. The molecule has 1 heterocycles. The number of nitrogens with zero attached hydrogens (tertiary/aromatic N) is 1. The van der Waals surface area contributed by atoms with E-state index < -0.39 is 0 Å². The molecule has 0 spiro atoms. The molecule has 1 aromatic rings. The minimum absolute atomic E-state index is 0.449. The average molecular weight is 249 g/mol. The summed E-state index contributed by atoms with van der Waals surface area (Å²) in [5.41, 5.74) is 3.15. The molecular formula is C15H27N3. The second-order valence-electron chi connectivity index (χ2n) is 6.17. The highest BCUT2D eigenvalue weighted by Crippen LogP contribution is 2.39. The molecule has 0 amide bonds. The lowest BCUT2D eigenvalue weighted by Crippen LogP contribution is -2.29. The Balaban J connectivity index is 2.07. The highest BCUT2D eigenvalue weighted by Gasteiger charge is 2.32. The summed E-state index contributed by atoms with van der Waals surface area (Å²) in [4.78, 5) is 8.23. The molecule has 1 unspecified atom stereocenters. The quantitative estimate of drug-likeness (QED) is 0.842. The molecule has 2 rings (SSSR count). The number of aryl methyl sites for hydroxylation is 1. The minimum Gasteiger partial charge on any atom is -0.345 e. The average Bonchev–Trinajstić information content (AvgIpc) is 2.77. The molecule has 0 fully saturated rings. The summed E-state index contributed by atoms with van der Waals surface area (Å²) in [5.74, 6) is 1.90. The Morgan fingerprint density at radius 2 is 2.17 bits per heavy atom. The summed E-state index contributed by atoms with van der Waals surface area (Å²) in [6.07, 6.45) is 4.87. The van der Waals surface area contributed by atoms with Crippen LogP contribution in [0.15, 0.2) is 0 Å². The van der Waals surface area contributed by atoms with Gasteiger partial charge < -0.3 is 10.3 Å². The first-order valence-electron chi connectivity index (χ1n) is 7.34. The molecule has 1 aliphatic carbocycles. The molecule has 0 bridgehead atoms. The van der Waals surface area contributed by atoms with E-state index in [1.54, 1.807) is 0 Å². The van der Waals surface area contributed by atoms with Crippen LogP contribution in [0.5, 0.6) is 0 Å². The number of H-pyrrole nitrogens is 1. The molecule has 0 radical (unpaired) electrons. The molecule has 0 saturated carbocycles. The lowest BCUT2D eigenvalue weighted by molar-refractivity contribution is 0.181. The van der Waals surface area contributed by atoms with Crippen molar-refractivity contribution in [1.29, 1.82) is 0 Å². The van der Waals surface area contributed by atoms with Gasteiger partial charge in [-0.2, -0.15) is 0 Å². The van der Waals surface area contributed by atoms with E-state index >= 15 is 0 Å². The Bertz CT molecular complexity index is 392. The summed E-state index contributed by atoms with van der Waals surface area (Å²) in [7, 11) is 0. The minimum atomic E-state index is 0.449. The molecule has 3 nitrogen and oxygen atoms in total. The fourth-order valence-corrected chi connectivity index (χ4v) is 2.82. The van der Waals surface area contributed by atoms with Crippen molar-refractivity contribution in [2.75, 3.05) is 6.54 Å². The third-order valence-electron chi connectivity index (χ3n) is 4.65. The van der Waals surface area contributed by atoms with Gasteiger partial charge in [0, 0.05) is 5.69 Å². The summed E-state index contributed by atoms with van der Waals surface area (Å²) in [5, 5.41) is 3.33. The summed E-state index contributed by atoms with van der Waals surface area (Å²) < 4.78 is 0. The van der Waals surface area contributed by atoms with Crippen LogP contribution >= 0.6 is 0 Å². The molecule has 0 aromatic carbocycles. The van der Waals surface area contributed by atoms with E-state index in [0.717, 1.165) is 31.3 Å². The zero-order chi connectivity index (χ0) is 13.2. The maximum atomic E-state index is 4.71. The van der Waals surface area contributed by atoms with E-state index in [1.807, 2.05) is 0 Å². The Kier molecular flexibility index (Phi) is 4.10. The van der Waals surface area contributed by atoms with E-state index in [0.29, 0.717) is 5.41 Å². The number of aromatic amines is 1. The van der Waals surface area contributed by atoms with E-state index in [2.05, 4.69) is 38.0 Å². The maximum Gasteiger partial charge on any atom is 0.120 e. The van der Waals surface area contributed by atoms with E-state index in [4.69, 9.17) is 4.98 Å². The molecule has 1 aromatic heterocycles.